The van der Waals surface area contributed by atoms with Crippen molar-refractivity contribution < 1.29 is 9.59 Å². The summed E-state index contributed by atoms with van der Waals surface area (Å²) in [6.07, 6.45) is 3.96. The molecule has 2 N–H and O–H groups in total. The fraction of sp³-hybridized carbons (Fsp3) is 0.417. The lowest BCUT2D eigenvalue weighted by Crippen LogP contribution is -2.45. The average Bonchev–Trinajstić information content (AvgIpc) is 2.55. The normalized spacial score (nSPS) is 19.8. The van der Waals surface area contributed by atoms with Crippen LogP contribution in [-0.4, -0.2) is 29.4 Å². The van der Waals surface area contributed by atoms with Crippen molar-refractivity contribution in [1.82, 2.24) is 15.6 Å². The van der Waals surface area contributed by atoms with Crippen LogP contribution in [0.3, 0.4) is 0 Å². The Balaban J connectivity index is 2.04. The van der Waals surface area contributed by atoms with Gasteiger partial charge in [0.2, 0.25) is 5.91 Å². The molecule has 1 fully saturated rings. The summed E-state index contributed by atoms with van der Waals surface area (Å²) in [5, 5.41) is 5.89. The fourth-order valence-electron chi connectivity index (χ4n) is 1.84. The van der Waals surface area contributed by atoms with E-state index >= 15 is 0 Å². The molecule has 2 amide bonds. The summed E-state index contributed by atoms with van der Waals surface area (Å²) in [5.74, 6) is -0.512. The van der Waals surface area contributed by atoms with Crippen LogP contribution in [0.4, 0.5) is 0 Å². The summed E-state index contributed by atoms with van der Waals surface area (Å²) in [5.41, 5.74) is 0.222. The Labute approximate surface area is 110 Å². The quantitative estimate of drug-likeness (QED) is 0.844. The molecule has 1 aromatic rings. The second-order valence-electron chi connectivity index (χ2n) is 4.17. The molecule has 2 heterocycles. The highest BCUT2D eigenvalue weighted by Gasteiger charge is 2.23. The van der Waals surface area contributed by atoms with Crippen molar-refractivity contribution in [2.24, 2.45) is 0 Å². The second-order valence-corrected chi connectivity index (χ2v) is 4.61. The van der Waals surface area contributed by atoms with E-state index in [0.717, 1.165) is 12.8 Å². The molecule has 1 aromatic heterocycles. The zero-order chi connectivity index (χ0) is 13.0. The maximum atomic E-state index is 11.9. The van der Waals surface area contributed by atoms with Gasteiger partial charge in [-0.2, -0.15) is 0 Å². The SMILES string of the molecule is O=C(NC1CCCCNC1=O)c1cc(Cl)ccn1. The Hall–Kier alpha value is -1.62. The maximum Gasteiger partial charge on any atom is 0.270 e. The van der Waals surface area contributed by atoms with Gasteiger partial charge in [-0.05, 0) is 31.4 Å². The Morgan fingerprint density at radius 2 is 2.33 bits per heavy atom. The minimum Gasteiger partial charge on any atom is -0.354 e. The Bertz CT molecular complexity index is 464. The van der Waals surface area contributed by atoms with Gasteiger partial charge in [0.15, 0.2) is 0 Å². The van der Waals surface area contributed by atoms with E-state index in [-0.39, 0.29) is 17.5 Å². The first-order valence-corrected chi connectivity index (χ1v) is 6.25. The van der Waals surface area contributed by atoms with Crippen LogP contribution in [0.2, 0.25) is 5.02 Å². The van der Waals surface area contributed by atoms with E-state index in [1.54, 1.807) is 6.07 Å². The van der Waals surface area contributed by atoms with Crippen molar-refractivity contribution in [2.45, 2.75) is 25.3 Å². The van der Waals surface area contributed by atoms with Crippen molar-refractivity contribution in [1.29, 1.82) is 0 Å². The number of halogens is 1. The minimum absolute atomic E-state index is 0.136. The van der Waals surface area contributed by atoms with Crippen molar-refractivity contribution in [3.63, 3.8) is 0 Å². The Morgan fingerprint density at radius 1 is 1.50 bits per heavy atom. The van der Waals surface area contributed by atoms with Gasteiger partial charge in [-0.15, -0.1) is 0 Å². The van der Waals surface area contributed by atoms with Crippen LogP contribution in [0.25, 0.3) is 0 Å². The molecule has 0 aliphatic carbocycles. The number of carbonyl (C=O) groups is 2. The lowest BCUT2D eigenvalue weighted by atomic mass is 10.1. The van der Waals surface area contributed by atoms with E-state index < -0.39 is 6.04 Å². The highest BCUT2D eigenvalue weighted by atomic mass is 35.5. The van der Waals surface area contributed by atoms with Crippen LogP contribution in [-0.2, 0) is 4.79 Å². The topological polar surface area (TPSA) is 71.1 Å². The van der Waals surface area contributed by atoms with Gasteiger partial charge in [0.25, 0.3) is 5.91 Å². The first-order chi connectivity index (χ1) is 8.66. The van der Waals surface area contributed by atoms with Crippen molar-refractivity contribution in [2.75, 3.05) is 6.54 Å². The maximum absolute atomic E-state index is 11.9. The molecule has 1 aliphatic rings. The van der Waals surface area contributed by atoms with E-state index in [1.165, 1.54) is 12.3 Å². The lowest BCUT2D eigenvalue weighted by Gasteiger charge is -2.14. The first kappa shape index (κ1) is 12.8. The number of carbonyl (C=O) groups excluding carboxylic acids is 2. The molecule has 1 unspecified atom stereocenters. The van der Waals surface area contributed by atoms with Gasteiger partial charge in [0.1, 0.15) is 11.7 Å². The van der Waals surface area contributed by atoms with Crippen molar-refractivity contribution in [3.05, 3.63) is 29.0 Å². The van der Waals surface area contributed by atoms with Gasteiger partial charge < -0.3 is 10.6 Å². The Kier molecular flexibility index (Phi) is 4.15. The van der Waals surface area contributed by atoms with Gasteiger partial charge in [0.05, 0.1) is 0 Å². The van der Waals surface area contributed by atoms with Crippen LogP contribution in [0, 0.1) is 0 Å². The zero-order valence-electron chi connectivity index (χ0n) is 9.78. The second kappa shape index (κ2) is 5.82. The summed E-state index contributed by atoms with van der Waals surface area (Å²) in [6, 6.07) is 2.59. The van der Waals surface area contributed by atoms with Gasteiger partial charge in [-0.25, -0.2) is 0 Å². The van der Waals surface area contributed by atoms with Gasteiger partial charge >= 0.3 is 0 Å². The van der Waals surface area contributed by atoms with E-state index in [4.69, 9.17) is 11.6 Å². The average molecular weight is 268 g/mol. The number of nitrogens with one attached hydrogen (secondary N) is 2. The fourth-order valence-corrected chi connectivity index (χ4v) is 2.00. The molecule has 1 aliphatic heterocycles. The summed E-state index contributed by atoms with van der Waals surface area (Å²) in [7, 11) is 0. The molecule has 5 nitrogen and oxygen atoms in total. The number of pyridine rings is 1. The zero-order valence-corrected chi connectivity index (χ0v) is 10.5. The molecule has 0 bridgehead atoms. The van der Waals surface area contributed by atoms with Crippen molar-refractivity contribution >= 4 is 23.4 Å². The van der Waals surface area contributed by atoms with E-state index in [2.05, 4.69) is 15.6 Å². The summed E-state index contributed by atoms with van der Waals surface area (Å²) in [6.45, 7) is 0.667. The van der Waals surface area contributed by atoms with E-state index in [9.17, 15) is 9.59 Å². The first-order valence-electron chi connectivity index (χ1n) is 5.87. The van der Waals surface area contributed by atoms with E-state index in [1.807, 2.05) is 0 Å². The standard InChI is InChI=1S/C12H14ClN3O2/c13-8-4-6-14-10(7-8)12(18)16-9-3-1-2-5-15-11(9)17/h4,6-7,9H,1-3,5H2,(H,15,17)(H,16,18). The highest BCUT2D eigenvalue weighted by Crippen LogP contribution is 2.10. The largest absolute Gasteiger partial charge is 0.354 e. The molecular formula is C12H14ClN3O2. The molecule has 0 saturated carbocycles. The summed E-state index contributed by atoms with van der Waals surface area (Å²) in [4.78, 5) is 27.5. The van der Waals surface area contributed by atoms with E-state index in [0.29, 0.717) is 18.0 Å². The molecule has 1 atom stereocenters. The minimum atomic E-state index is -0.485. The predicted octanol–water partition coefficient (Wildman–Crippen LogP) is 1.13. The number of hydrogen-bond donors (Lipinski definition) is 2. The molecule has 0 aromatic carbocycles. The third kappa shape index (κ3) is 3.20. The van der Waals surface area contributed by atoms with Gasteiger partial charge in [0, 0.05) is 17.8 Å². The molecule has 1 saturated heterocycles. The Morgan fingerprint density at radius 3 is 3.11 bits per heavy atom. The van der Waals surface area contributed by atoms with Crippen LogP contribution in [0.15, 0.2) is 18.3 Å². The van der Waals surface area contributed by atoms with Crippen molar-refractivity contribution in [3.8, 4) is 0 Å². The number of amides is 2. The van der Waals surface area contributed by atoms with Crippen LogP contribution >= 0.6 is 11.6 Å². The van der Waals surface area contributed by atoms with Gasteiger partial charge in [-0.1, -0.05) is 11.6 Å². The smallest absolute Gasteiger partial charge is 0.270 e. The number of aromatic nitrogens is 1. The number of hydrogen-bond acceptors (Lipinski definition) is 3. The molecule has 18 heavy (non-hydrogen) atoms. The molecule has 6 heteroatoms. The monoisotopic (exact) mass is 267 g/mol. The highest BCUT2D eigenvalue weighted by molar-refractivity contribution is 6.30. The van der Waals surface area contributed by atoms with Gasteiger partial charge in [-0.3, -0.25) is 14.6 Å². The summed E-state index contributed by atoms with van der Waals surface area (Å²) < 4.78 is 0. The molecule has 2 rings (SSSR count). The number of nitrogens with zero attached hydrogens (tertiary/aromatic N) is 1. The van der Waals surface area contributed by atoms with Crippen LogP contribution in [0.5, 0.6) is 0 Å². The third-order valence-corrected chi connectivity index (χ3v) is 3.03. The molecule has 0 radical (unpaired) electrons. The molecule has 96 valence electrons. The number of rotatable bonds is 2. The molecule has 0 spiro atoms. The van der Waals surface area contributed by atoms with Crippen LogP contribution in [0.1, 0.15) is 29.8 Å². The predicted molar refractivity (Wildman–Crippen MR) is 67.4 cm³/mol. The van der Waals surface area contributed by atoms with Crippen LogP contribution < -0.4 is 10.6 Å². The summed E-state index contributed by atoms with van der Waals surface area (Å²) >= 11 is 5.79. The lowest BCUT2D eigenvalue weighted by molar-refractivity contribution is -0.122. The molecular weight excluding hydrogens is 254 g/mol. The third-order valence-electron chi connectivity index (χ3n) is 2.80.